The van der Waals surface area contributed by atoms with Crippen molar-refractivity contribution in [1.29, 1.82) is 0 Å². The molecule has 3 nitrogen and oxygen atoms in total. The summed E-state index contributed by atoms with van der Waals surface area (Å²) in [5.41, 5.74) is 6.62. The minimum absolute atomic E-state index is 0.208. The molecular weight excluding hydrogens is 162 g/mol. The Labute approximate surface area is 66.8 Å². The van der Waals surface area contributed by atoms with Gasteiger partial charge in [-0.2, -0.15) is 0 Å². The monoisotopic (exact) mass is 171 g/mol. The molecule has 1 rings (SSSR count). The van der Waals surface area contributed by atoms with Crippen LogP contribution in [-0.4, -0.2) is 8.42 Å². The Morgan fingerprint density at radius 2 is 2.00 bits per heavy atom. The highest BCUT2D eigenvalue weighted by Gasteiger charge is 1.99. The minimum atomic E-state index is -2.56. The molecule has 0 aromatic heterocycles. The van der Waals surface area contributed by atoms with E-state index in [9.17, 15) is 8.42 Å². The fraction of sp³-hybridized carbons (Fsp3) is 0.143. The number of nitrogens with two attached hydrogens (primary N) is 1. The number of rotatable bonds is 1. The van der Waals surface area contributed by atoms with E-state index in [1.54, 1.807) is 18.2 Å². The van der Waals surface area contributed by atoms with Gasteiger partial charge in [0.2, 0.25) is 0 Å². The van der Waals surface area contributed by atoms with Gasteiger partial charge in [0.15, 0.2) is 10.7 Å². The van der Waals surface area contributed by atoms with Gasteiger partial charge in [0.25, 0.3) is 0 Å². The third-order valence-corrected chi connectivity index (χ3v) is 2.16. The van der Waals surface area contributed by atoms with Crippen LogP contribution in [0, 0.1) is 6.92 Å². The largest absolute Gasteiger partial charge is 0.398 e. The molecule has 1 aromatic rings. The average Bonchev–Trinajstić information content (AvgIpc) is 1.94. The third kappa shape index (κ3) is 1.71. The second-order valence-corrected chi connectivity index (χ2v) is 3.32. The van der Waals surface area contributed by atoms with Gasteiger partial charge in [-0.1, -0.05) is 6.07 Å². The first-order chi connectivity index (χ1) is 5.11. The highest BCUT2D eigenvalue weighted by Crippen LogP contribution is 2.14. The van der Waals surface area contributed by atoms with Gasteiger partial charge in [0.05, 0.1) is 10.6 Å². The van der Waals surface area contributed by atoms with Crippen molar-refractivity contribution in [3.63, 3.8) is 0 Å². The summed E-state index contributed by atoms with van der Waals surface area (Å²) in [4.78, 5) is 0.208. The lowest BCUT2D eigenvalue weighted by Gasteiger charge is -1.97. The molecule has 0 radical (unpaired) electrons. The van der Waals surface area contributed by atoms with Crippen molar-refractivity contribution < 1.29 is 8.42 Å². The smallest absolute Gasteiger partial charge is 0.170 e. The van der Waals surface area contributed by atoms with E-state index >= 15 is 0 Å². The summed E-state index contributed by atoms with van der Waals surface area (Å²) in [6.45, 7) is 1.82. The number of benzene rings is 1. The lowest BCUT2D eigenvalue weighted by atomic mass is 10.2. The Bertz CT molecular complexity index is 336. The van der Waals surface area contributed by atoms with Gasteiger partial charge in [0.1, 0.15) is 0 Å². The highest BCUT2D eigenvalue weighted by atomic mass is 32.2. The van der Waals surface area contributed by atoms with Crippen LogP contribution < -0.4 is 5.73 Å². The van der Waals surface area contributed by atoms with E-state index in [0.29, 0.717) is 5.69 Å². The normalized spacial score (nSPS) is 10.4. The molecule has 0 aliphatic heterocycles. The van der Waals surface area contributed by atoms with Crippen LogP contribution in [0.5, 0.6) is 0 Å². The number of thiol groups is 1. The van der Waals surface area contributed by atoms with Crippen LogP contribution >= 0.6 is 0 Å². The number of anilines is 1. The molecule has 0 saturated carbocycles. The van der Waals surface area contributed by atoms with Crippen molar-refractivity contribution in [2.45, 2.75) is 11.8 Å². The first kappa shape index (κ1) is 8.07. The molecule has 60 valence electrons. The molecule has 0 amide bonds. The third-order valence-electron chi connectivity index (χ3n) is 1.38. The second-order valence-electron chi connectivity index (χ2n) is 2.32. The molecule has 2 N–H and O–H groups in total. The van der Waals surface area contributed by atoms with Crippen molar-refractivity contribution in [2.75, 3.05) is 5.73 Å². The molecule has 0 aliphatic carbocycles. The predicted octanol–water partition coefficient (Wildman–Crippen LogP) is 0.548. The van der Waals surface area contributed by atoms with Gasteiger partial charge in [-0.25, -0.2) is 8.42 Å². The summed E-state index contributed by atoms with van der Waals surface area (Å²) >= 11 is 0. The summed E-state index contributed by atoms with van der Waals surface area (Å²) in [7, 11) is -2.56. The van der Waals surface area contributed by atoms with Crippen LogP contribution in [-0.2, 0) is 10.7 Å². The van der Waals surface area contributed by atoms with Gasteiger partial charge >= 0.3 is 0 Å². The fourth-order valence-electron chi connectivity index (χ4n) is 0.812. The molecule has 0 unspecified atom stereocenters. The maximum Gasteiger partial charge on any atom is 0.170 e. The molecule has 0 atom stereocenters. The van der Waals surface area contributed by atoms with Gasteiger partial charge in [-0.3, -0.25) is 0 Å². The lowest BCUT2D eigenvalue weighted by molar-refractivity contribution is 0.615. The maximum atomic E-state index is 10.5. The zero-order valence-corrected chi connectivity index (χ0v) is 6.97. The maximum absolute atomic E-state index is 10.5. The summed E-state index contributed by atoms with van der Waals surface area (Å²) in [6.07, 6.45) is 0. The summed E-state index contributed by atoms with van der Waals surface area (Å²) in [5.74, 6) is 0. The zero-order chi connectivity index (χ0) is 8.43. The van der Waals surface area contributed by atoms with Crippen LogP contribution in [0.2, 0.25) is 0 Å². The molecule has 1 aromatic carbocycles. The topological polar surface area (TPSA) is 60.2 Å². The standard InChI is InChI=1S/C7H9NO2S/c1-5-2-3-6(8)7(4-5)11(9)10/h2-4,11H,8H2,1H3. The van der Waals surface area contributed by atoms with Crippen molar-refractivity contribution >= 4 is 16.4 Å². The number of hydrogen-bond acceptors (Lipinski definition) is 3. The van der Waals surface area contributed by atoms with E-state index in [2.05, 4.69) is 0 Å². The number of hydrogen-bond donors (Lipinski definition) is 2. The van der Waals surface area contributed by atoms with Crippen molar-refractivity contribution in [1.82, 2.24) is 0 Å². The molecule has 0 heterocycles. The lowest BCUT2D eigenvalue weighted by Crippen LogP contribution is -1.92. The van der Waals surface area contributed by atoms with Crippen LogP contribution in [0.1, 0.15) is 5.56 Å². The van der Waals surface area contributed by atoms with Gasteiger partial charge < -0.3 is 5.73 Å². The molecule has 0 bridgehead atoms. The van der Waals surface area contributed by atoms with Gasteiger partial charge in [-0.05, 0) is 24.6 Å². The fourth-order valence-corrected chi connectivity index (χ4v) is 1.41. The molecule has 4 heteroatoms. The average molecular weight is 171 g/mol. The molecular formula is C7H9NO2S. The Morgan fingerprint density at radius 3 is 2.45 bits per heavy atom. The SMILES string of the molecule is Cc1ccc(N)c([SH](=O)=O)c1. The molecule has 11 heavy (non-hydrogen) atoms. The summed E-state index contributed by atoms with van der Waals surface area (Å²) < 4.78 is 21.1. The van der Waals surface area contributed by atoms with E-state index in [1.165, 1.54) is 0 Å². The van der Waals surface area contributed by atoms with Crippen molar-refractivity contribution in [2.24, 2.45) is 0 Å². The van der Waals surface area contributed by atoms with E-state index in [1.807, 2.05) is 6.92 Å². The molecule has 0 spiro atoms. The Hall–Kier alpha value is -1.03. The first-order valence-electron chi connectivity index (χ1n) is 3.12. The molecule has 0 fully saturated rings. The van der Waals surface area contributed by atoms with Crippen molar-refractivity contribution in [3.8, 4) is 0 Å². The van der Waals surface area contributed by atoms with Gasteiger partial charge in [-0.15, -0.1) is 0 Å². The quantitative estimate of drug-likeness (QED) is 0.479. The summed E-state index contributed by atoms with van der Waals surface area (Å²) in [6, 6.07) is 4.93. The number of aryl methyl sites for hydroxylation is 1. The number of nitrogen functional groups attached to an aromatic ring is 1. The zero-order valence-electron chi connectivity index (χ0n) is 6.07. The van der Waals surface area contributed by atoms with E-state index in [0.717, 1.165) is 5.56 Å². The van der Waals surface area contributed by atoms with Crippen LogP contribution in [0.25, 0.3) is 0 Å². The molecule has 0 aliphatic rings. The van der Waals surface area contributed by atoms with E-state index in [-0.39, 0.29) is 4.90 Å². The Balaban J connectivity index is 3.35. The Kier molecular flexibility index (Phi) is 2.14. The highest BCUT2D eigenvalue weighted by molar-refractivity contribution is 7.72. The van der Waals surface area contributed by atoms with E-state index in [4.69, 9.17) is 5.73 Å². The van der Waals surface area contributed by atoms with Crippen LogP contribution in [0.15, 0.2) is 23.1 Å². The second kappa shape index (κ2) is 2.92. The summed E-state index contributed by atoms with van der Waals surface area (Å²) in [5, 5.41) is 0. The Morgan fingerprint density at radius 1 is 1.36 bits per heavy atom. The van der Waals surface area contributed by atoms with E-state index < -0.39 is 10.7 Å². The van der Waals surface area contributed by atoms with Crippen molar-refractivity contribution in [3.05, 3.63) is 23.8 Å². The van der Waals surface area contributed by atoms with Gasteiger partial charge in [0, 0.05) is 0 Å². The van der Waals surface area contributed by atoms with Crippen LogP contribution in [0.4, 0.5) is 5.69 Å². The molecule has 0 saturated heterocycles. The minimum Gasteiger partial charge on any atom is -0.398 e. The van der Waals surface area contributed by atoms with Crippen LogP contribution in [0.3, 0.4) is 0 Å². The predicted molar refractivity (Wildman–Crippen MR) is 44.2 cm³/mol. The first-order valence-corrected chi connectivity index (χ1v) is 4.29.